The lowest BCUT2D eigenvalue weighted by Gasteiger charge is -2.09. The van der Waals surface area contributed by atoms with Crippen molar-refractivity contribution in [1.82, 2.24) is 25.2 Å². The van der Waals surface area contributed by atoms with Crippen LogP contribution >= 0.6 is 0 Å². The van der Waals surface area contributed by atoms with E-state index in [-0.39, 0.29) is 5.75 Å². The molecule has 2 heterocycles. The molecule has 2 aromatic heterocycles. The predicted molar refractivity (Wildman–Crippen MR) is 77.1 cm³/mol. The molecule has 0 spiro atoms. The molecule has 0 amide bonds. The van der Waals surface area contributed by atoms with Gasteiger partial charge in [0.15, 0.2) is 0 Å². The number of aromatic hydroxyl groups is 1. The smallest absolute Gasteiger partial charge is 0.143 e. The van der Waals surface area contributed by atoms with Crippen LogP contribution < -0.4 is 5.32 Å². The quantitative estimate of drug-likeness (QED) is 0.757. The number of hydrogen-bond donors (Lipinski definition) is 2. The molecule has 0 bridgehead atoms. The second-order valence-electron chi connectivity index (χ2n) is 4.58. The van der Waals surface area contributed by atoms with E-state index in [0.29, 0.717) is 12.2 Å². The maximum atomic E-state index is 9.78. The van der Waals surface area contributed by atoms with Gasteiger partial charge in [0.1, 0.15) is 17.8 Å². The number of aromatic nitrogens is 5. The zero-order chi connectivity index (χ0) is 14.7. The molecule has 2 N–H and O–H groups in total. The first kappa shape index (κ1) is 13.0. The molecule has 7 heteroatoms. The molecule has 0 unspecified atom stereocenters. The summed E-state index contributed by atoms with van der Waals surface area (Å²) in [5.74, 6) is 0.185. The molecule has 7 nitrogen and oxygen atoms in total. The van der Waals surface area contributed by atoms with Gasteiger partial charge in [0.05, 0.1) is 12.2 Å². The van der Waals surface area contributed by atoms with Gasteiger partial charge in [-0.15, -0.1) is 5.10 Å². The molecule has 0 aliphatic carbocycles. The van der Waals surface area contributed by atoms with Crippen molar-refractivity contribution >= 4 is 5.69 Å². The van der Waals surface area contributed by atoms with Crippen molar-refractivity contribution in [3.05, 3.63) is 54.1 Å². The molecule has 0 saturated carbocycles. The summed E-state index contributed by atoms with van der Waals surface area (Å²) in [6.45, 7) is 2.33. The Hall–Kier alpha value is -2.96. The molecule has 0 fully saturated rings. The summed E-state index contributed by atoms with van der Waals surface area (Å²) in [4.78, 5) is 4.31. The van der Waals surface area contributed by atoms with E-state index in [0.717, 1.165) is 17.1 Å². The average molecular weight is 282 g/mol. The Bertz CT molecular complexity index is 741. The summed E-state index contributed by atoms with van der Waals surface area (Å²) < 4.78 is 1.58. The summed E-state index contributed by atoms with van der Waals surface area (Å²) in [5.41, 5.74) is 3.23. The van der Waals surface area contributed by atoms with Crippen LogP contribution in [0.2, 0.25) is 0 Å². The number of benzene rings is 1. The SMILES string of the molecule is Cc1ccc(O)c(CNc2cccc(-n3cnnn3)c2)n1. The van der Waals surface area contributed by atoms with Crippen molar-refractivity contribution in [2.24, 2.45) is 0 Å². The highest BCUT2D eigenvalue weighted by Gasteiger charge is 2.04. The predicted octanol–water partition coefficient (Wildman–Crippen LogP) is 1.68. The Morgan fingerprint density at radius 3 is 2.95 bits per heavy atom. The zero-order valence-electron chi connectivity index (χ0n) is 11.4. The third-order valence-corrected chi connectivity index (χ3v) is 3.01. The van der Waals surface area contributed by atoms with Gasteiger partial charge in [-0.05, 0) is 47.7 Å². The lowest BCUT2D eigenvalue weighted by Crippen LogP contribution is -2.04. The van der Waals surface area contributed by atoms with Crippen LogP contribution in [0.15, 0.2) is 42.7 Å². The van der Waals surface area contributed by atoms with E-state index in [1.54, 1.807) is 16.8 Å². The molecular formula is C14H14N6O. The Labute approximate surface area is 121 Å². The van der Waals surface area contributed by atoms with Crippen LogP contribution in [0.3, 0.4) is 0 Å². The average Bonchev–Trinajstić information content (AvgIpc) is 3.03. The maximum absolute atomic E-state index is 9.78. The number of aryl methyl sites for hydroxylation is 1. The first-order valence-electron chi connectivity index (χ1n) is 6.45. The number of nitrogens with zero attached hydrogens (tertiary/aromatic N) is 5. The Balaban J connectivity index is 1.76. The number of anilines is 1. The monoisotopic (exact) mass is 282 g/mol. The van der Waals surface area contributed by atoms with E-state index in [9.17, 15) is 5.11 Å². The lowest BCUT2D eigenvalue weighted by atomic mass is 10.2. The van der Waals surface area contributed by atoms with Gasteiger partial charge in [-0.1, -0.05) is 6.07 Å². The Morgan fingerprint density at radius 2 is 2.14 bits per heavy atom. The van der Waals surface area contributed by atoms with E-state index < -0.39 is 0 Å². The lowest BCUT2D eigenvalue weighted by molar-refractivity contribution is 0.464. The molecule has 106 valence electrons. The van der Waals surface area contributed by atoms with E-state index in [2.05, 4.69) is 25.8 Å². The molecule has 3 aromatic rings. The van der Waals surface area contributed by atoms with Crippen LogP contribution in [0.1, 0.15) is 11.4 Å². The van der Waals surface area contributed by atoms with Crippen LogP contribution in [0.25, 0.3) is 5.69 Å². The molecule has 0 aliphatic rings. The maximum Gasteiger partial charge on any atom is 0.143 e. The highest BCUT2D eigenvalue weighted by Crippen LogP contribution is 2.18. The molecular weight excluding hydrogens is 268 g/mol. The standard InChI is InChI=1S/C14H14N6O/c1-10-5-6-14(21)13(17-10)8-15-11-3-2-4-12(7-11)20-9-16-18-19-20/h2-7,9,15,21H,8H2,1H3. The van der Waals surface area contributed by atoms with Crippen molar-refractivity contribution in [1.29, 1.82) is 0 Å². The highest BCUT2D eigenvalue weighted by atomic mass is 16.3. The van der Waals surface area contributed by atoms with Gasteiger partial charge in [0.2, 0.25) is 0 Å². The van der Waals surface area contributed by atoms with E-state index in [1.165, 1.54) is 6.33 Å². The molecule has 0 aliphatic heterocycles. The van der Waals surface area contributed by atoms with Crippen molar-refractivity contribution in [3.63, 3.8) is 0 Å². The second kappa shape index (κ2) is 5.58. The van der Waals surface area contributed by atoms with Crippen molar-refractivity contribution in [2.75, 3.05) is 5.32 Å². The van der Waals surface area contributed by atoms with Crippen molar-refractivity contribution < 1.29 is 5.11 Å². The molecule has 3 rings (SSSR count). The zero-order valence-corrected chi connectivity index (χ0v) is 11.4. The van der Waals surface area contributed by atoms with Crippen LogP contribution in [-0.2, 0) is 6.54 Å². The summed E-state index contributed by atoms with van der Waals surface area (Å²) in [6, 6.07) is 11.1. The van der Waals surface area contributed by atoms with E-state index in [4.69, 9.17) is 0 Å². The first-order chi connectivity index (χ1) is 10.2. The number of nitrogens with one attached hydrogen (secondary N) is 1. The minimum absolute atomic E-state index is 0.185. The van der Waals surface area contributed by atoms with Crippen LogP contribution in [0, 0.1) is 6.92 Å². The topological polar surface area (TPSA) is 88.8 Å². The third kappa shape index (κ3) is 2.97. The molecule has 21 heavy (non-hydrogen) atoms. The summed E-state index contributed by atoms with van der Waals surface area (Å²) >= 11 is 0. The number of pyridine rings is 1. The van der Waals surface area contributed by atoms with Crippen LogP contribution in [-0.4, -0.2) is 30.3 Å². The number of hydrogen-bond acceptors (Lipinski definition) is 6. The normalized spacial score (nSPS) is 10.5. The first-order valence-corrected chi connectivity index (χ1v) is 6.45. The van der Waals surface area contributed by atoms with Crippen molar-refractivity contribution in [2.45, 2.75) is 13.5 Å². The fraction of sp³-hybridized carbons (Fsp3) is 0.143. The number of rotatable bonds is 4. The minimum Gasteiger partial charge on any atom is -0.506 e. The summed E-state index contributed by atoms with van der Waals surface area (Å²) in [6.07, 6.45) is 1.53. The largest absolute Gasteiger partial charge is 0.506 e. The fourth-order valence-corrected chi connectivity index (χ4v) is 1.96. The third-order valence-electron chi connectivity index (χ3n) is 3.01. The van der Waals surface area contributed by atoms with Gasteiger partial charge in [-0.3, -0.25) is 4.98 Å². The van der Waals surface area contributed by atoms with Gasteiger partial charge in [0, 0.05) is 11.4 Å². The van der Waals surface area contributed by atoms with Gasteiger partial charge in [0.25, 0.3) is 0 Å². The Kier molecular flexibility index (Phi) is 3.46. The molecule has 1 aromatic carbocycles. The fourth-order valence-electron chi connectivity index (χ4n) is 1.96. The molecule has 0 atom stereocenters. The van der Waals surface area contributed by atoms with Crippen LogP contribution in [0.5, 0.6) is 5.75 Å². The minimum atomic E-state index is 0.185. The number of tetrazole rings is 1. The Morgan fingerprint density at radius 1 is 1.24 bits per heavy atom. The molecule has 0 radical (unpaired) electrons. The summed E-state index contributed by atoms with van der Waals surface area (Å²) in [7, 11) is 0. The summed E-state index contributed by atoms with van der Waals surface area (Å²) in [5, 5.41) is 24.1. The van der Waals surface area contributed by atoms with Crippen LogP contribution in [0.4, 0.5) is 5.69 Å². The van der Waals surface area contributed by atoms with E-state index >= 15 is 0 Å². The van der Waals surface area contributed by atoms with Gasteiger partial charge in [-0.25, -0.2) is 4.68 Å². The van der Waals surface area contributed by atoms with Gasteiger partial charge < -0.3 is 10.4 Å². The molecule has 0 saturated heterocycles. The van der Waals surface area contributed by atoms with E-state index in [1.807, 2.05) is 31.2 Å². The highest BCUT2D eigenvalue weighted by molar-refractivity contribution is 5.51. The van der Waals surface area contributed by atoms with Gasteiger partial charge >= 0.3 is 0 Å². The van der Waals surface area contributed by atoms with Crippen molar-refractivity contribution in [3.8, 4) is 11.4 Å². The second-order valence-corrected chi connectivity index (χ2v) is 4.58. The van der Waals surface area contributed by atoms with Gasteiger partial charge in [-0.2, -0.15) is 0 Å².